The van der Waals surface area contributed by atoms with Crippen LogP contribution in [-0.4, -0.2) is 19.9 Å². The van der Waals surface area contributed by atoms with E-state index in [4.69, 9.17) is 28.8 Å². The summed E-state index contributed by atoms with van der Waals surface area (Å²) in [5, 5.41) is 2.08. The zero-order valence-electron chi connectivity index (χ0n) is 30.1. The fourth-order valence-corrected chi connectivity index (χ4v) is 8.23. The van der Waals surface area contributed by atoms with Crippen molar-refractivity contribution >= 4 is 33.0 Å². The van der Waals surface area contributed by atoms with Crippen LogP contribution >= 0.6 is 0 Å². The summed E-state index contributed by atoms with van der Waals surface area (Å²) in [5.41, 5.74) is 13.4. The second-order valence-corrected chi connectivity index (χ2v) is 14.6. The van der Waals surface area contributed by atoms with E-state index in [9.17, 15) is 0 Å². The molecule has 0 fully saturated rings. The van der Waals surface area contributed by atoms with Gasteiger partial charge in [-0.3, -0.25) is 0 Å². The second kappa shape index (κ2) is 11.9. The van der Waals surface area contributed by atoms with Crippen LogP contribution in [0.3, 0.4) is 0 Å². The maximum absolute atomic E-state index is 6.55. The molecule has 0 amide bonds. The third-order valence-electron chi connectivity index (χ3n) is 11.0. The van der Waals surface area contributed by atoms with Crippen LogP contribution in [0.5, 0.6) is 0 Å². The van der Waals surface area contributed by atoms with E-state index in [0.29, 0.717) is 23.4 Å². The summed E-state index contributed by atoms with van der Waals surface area (Å²) in [6, 6.07) is 53.9. The molecule has 0 N–H and O–H groups in total. The van der Waals surface area contributed by atoms with E-state index < -0.39 is 0 Å². The molecule has 10 aromatic rings. The molecule has 1 aliphatic rings. The van der Waals surface area contributed by atoms with Crippen LogP contribution in [0, 0.1) is 0 Å². The highest BCUT2D eigenvalue weighted by Crippen LogP contribution is 2.52. The topological polar surface area (TPSA) is 77.8 Å². The lowest BCUT2D eigenvalue weighted by atomic mass is 9.81. The highest BCUT2D eigenvalue weighted by atomic mass is 16.3. The molecule has 0 bridgehead atoms. The number of hydrogen-bond acceptors (Lipinski definition) is 6. The highest BCUT2D eigenvalue weighted by Gasteiger charge is 2.39. The van der Waals surface area contributed by atoms with Gasteiger partial charge in [-0.25, -0.2) is 19.9 Å². The smallest absolute Gasteiger partial charge is 0.227 e. The van der Waals surface area contributed by atoms with Gasteiger partial charge in [0.25, 0.3) is 0 Å². The van der Waals surface area contributed by atoms with Crippen molar-refractivity contribution in [3.8, 4) is 67.9 Å². The van der Waals surface area contributed by atoms with Gasteiger partial charge in [0.1, 0.15) is 16.7 Å². The first-order chi connectivity index (χ1) is 27.0. The molecule has 0 saturated heterocycles. The van der Waals surface area contributed by atoms with E-state index in [-0.39, 0.29) is 5.41 Å². The Hall–Kier alpha value is -7.18. The summed E-state index contributed by atoms with van der Waals surface area (Å²) in [6.45, 7) is 4.51. The van der Waals surface area contributed by atoms with E-state index in [2.05, 4.69) is 105 Å². The van der Waals surface area contributed by atoms with Gasteiger partial charge in [0.2, 0.25) is 5.89 Å². The Bertz CT molecular complexity index is 3110. The molecule has 11 rings (SSSR count). The second-order valence-electron chi connectivity index (χ2n) is 14.6. The number of para-hydroxylation sites is 2. The molecule has 3 aromatic heterocycles. The summed E-state index contributed by atoms with van der Waals surface area (Å²) in [7, 11) is 0. The van der Waals surface area contributed by atoms with Crippen molar-refractivity contribution in [1.82, 2.24) is 19.9 Å². The Morgan fingerprint density at radius 2 is 1.04 bits per heavy atom. The van der Waals surface area contributed by atoms with E-state index in [0.717, 1.165) is 77.5 Å². The lowest BCUT2D eigenvalue weighted by Gasteiger charge is -2.21. The molecule has 260 valence electrons. The van der Waals surface area contributed by atoms with Crippen molar-refractivity contribution in [3.63, 3.8) is 0 Å². The van der Waals surface area contributed by atoms with Gasteiger partial charge in [0.15, 0.2) is 23.1 Å². The minimum Gasteiger partial charge on any atom is -0.455 e. The fourth-order valence-electron chi connectivity index (χ4n) is 8.23. The zero-order chi connectivity index (χ0) is 36.7. The Kier molecular flexibility index (Phi) is 6.79. The van der Waals surface area contributed by atoms with Crippen LogP contribution in [0.15, 0.2) is 167 Å². The van der Waals surface area contributed by atoms with Crippen LogP contribution < -0.4 is 0 Å². The molecule has 0 spiro atoms. The molecule has 7 aromatic carbocycles. The number of fused-ring (bicyclic) bond motifs is 8. The molecule has 6 nitrogen and oxygen atoms in total. The summed E-state index contributed by atoms with van der Waals surface area (Å²) in [4.78, 5) is 20.3. The molecule has 0 atom stereocenters. The molecule has 0 unspecified atom stereocenters. The Morgan fingerprint density at radius 3 is 1.84 bits per heavy atom. The molecule has 6 heteroatoms. The third-order valence-corrected chi connectivity index (χ3v) is 11.0. The maximum atomic E-state index is 6.55. The summed E-state index contributed by atoms with van der Waals surface area (Å²) >= 11 is 0. The minimum atomic E-state index is -0.375. The molecular weight excluding hydrogens is 677 g/mol. The molecular formula is C49H32N4O2. The van der Waals surface area contributed by atoms with Crippen molar-refractivity contribution in [2.45, 2.75) is 19.3 Å². The van der Waals surface area contributed by atoms with Crippen LogP contribution in [0.4, 0.5) is 0 Å². The van der Waals surface area contributed by atoms with Gasteiger partial charge in [-0.15, -0.1) is 0 Å². The standard InChI is InChI=1S/C49H32N4O2/c1-49(2)39-28-33(24-25-34(39)36-26-27-40-44(42(36)49)55-48(50-40)32-14-7-4-8-15-32)46-51-45(31-22-20-30(21-23-31)29-12-5-3-6-13-29)52-47(53-46)38-18-11-17-37-35-16-9-10-19-41(35)54-43(37)38/h3-28H,1-2H3. The number of rotatable bonds is 5. The van der Waals surface area contributed by atoms with Gasteiger partial charge in [-0.05, 0) is 64.2 Å². The van der Waals surface area contributed by atoms with Crippen LogP contribution in [0.25, 0.3) is 101 Å². The number of furan rings is 1. The van der Waals surface area contributed by atoms with Gasteiger partial charge in [-0.2, -0.15) is 0 Å². The molecule has 0 saturated carbocycles. The first-order valence-electron chi connectivity index (χ1n) is 18.5. The van der Waals surface area contributed by atoms with Gasteiger partial charge in [0, 0.05) is 38.4 Å². The van der Waals surface area contributed by atoms with E-state index in [1.165, 1.54) is 11.1 Å². The third kappa shape index (κ3) is 4.95. The van der Waals surface area contributed by atoms with E-state index >= 15 is 0 Å². The van der Waals surface area contributed by atoms with Crippen molar-refractivity contribution < 1.29 is 8.83 Å². The Labute approximate surface area is 316 Å². The molecule has 3 heterocycles. The maximum Gasteiger partial charge on any atom is 0.227 e. The number of benzene rings is 7. The fraction of sp³-hybridized carbons (Fsp3) is 0.0612. The van der Waals surface area contributed by atoms with E-state index in [1.54, 1.807) is 0 Å². The predicted molar refractivity (Wildman–Crippen MR) is 219 cm³/mol. The zero-order valence-corrected chi connectivity index (χ0v) is 30.1. The molecule has 1 aliphatic carbocycles. The molecule has 55 heavy (non-hydrogen) atoms. The predicted octanol–water partition coefficient (Wildman–Crippen LogP) is 12.6. The van der Waals surface area contributed by atoms with Gasteiger partial charge >= 0.3 is 0 Å². The van der Waals surface area contributed by atoms with Crippen molar-refractivity contribution in [1.29, 1.82) is 0 Å². The molecule has 0 aliphatic heterocycles. The number of hydrogen-bond donors (Lipinski definition) is 0. The van der Waals surface area contributed by atoms with Crippen LogP contribution in [0.2, 0.25) is 0 Å². The summed E-state index contributed by atoms with van der Waals surface area (Å²) in [5.74, 6) is 2.35. The van der Waals surface area contributed by atoms with Crippen molar-refractivity contribution in [2.75, 3.05) is 0 Å². The van der Waals surface area contributed by atoms with Crippen LogP contribution in [-0.2, 0) is 5.41 Å². The SMILES string of the molecule is CC1(C)c2cc(-c3nc(-c4ccc(-c5ccccc5)cc4)nc(-c4cccc5c4oc4ccccc45)n3)ccc2-c2ccc3nc(-c4ccccc4)oc3c21. The summed E-state index contributed by atoms with van der Waals surface area (Å²) < 4.78 is 13.0. The first-order valence-corrected chi connectivity index (χ1v) is 18.5. The van der Waals surface area contributed by atoms with Crippen LogP contribution in [0.1, 0.15) is 25.0 Å². The monoisotopic (exact) mass is 708 g/mol. The summed E-state index contributed by atoms with van der Waals surface area (Å²) in [6.07, 6.45) is 0. The number of oxazole rings is 1. The largest absolute Gasteiger partial charge is 0.455 e. The van der Waals surface area contributed by atoms with Crippen molar-refractivity contribution in [2.24, 2.45) is 0 Å². The lowest BCUT2D eigenvalue weighted by Crippen LogP contribution is -2.15. The van der Waals surface area contributed by atoms with Crippen molar-refractivity contribution in [3.05, 3.63) is 169 Å². The highest BCUT2D eigenvalue weighted by molar-refractivity contribution is 6.09. The number of aromatic nitrogens is 4. The first kappa shape index (κ1) is 31.4. The Morgan fingerprint density at radius 1 is 0.418 bits per heavy atom. The average Bonchev–Trinajstić information content (AvgIpc) is 3.91. The quantitative estimate of drug-likeness (QED) is 0.177. The average molecular weight is 709 g/mol. The lowest BCUT2D eigenvalue weighted by molar-refractivity contribution is 0.593. The number of nitrogens with zero attached hydrogens (tertiary/aromatic N) is 4. The Balaban J connectivity index is 1.07. The minimum absolute atomic E-state index is 0.375. The van der Waals surface area contributed by atoms with Gasteiger partial charge in [0.05, 0.1) is 5.56 Å². The van der Waals surface area contributed by atoms with Gasteiger partial charge < -0.3 is 8.83 Å². The van der Waals surface area contributed by atoms with E-state index in [1.807, 2.05) is 66.7 Å². The normalized spacial score (nSPS) is 13.1. The molecule has 0 radical (unpaired) electrons. The van der Waals surface area contributed by atoms with Gasteiger partial charge in [-0.1, -0.05) is 135 Å².